The van der Waals surface area contributed by atoms with Crippen LogP contribution < -0.4 is 5.73 Å². The van der Waals surface area contributed by atoms with Gasteiger partial charge in [-0.15, -0.1) is 11.3 Å². The molecule has 2 aromatic rings. The quantitative estimate of drug-likeness (QED) is 0.869. The number of likely N-dealkylation sites (tertiary alicyclic amines) is 1. The van der Waals surface area contributed by atoms with Crippen LogP contribution in [0.2, 0.25) is 0 Å². The maximum absolute atomic E-state index is 12.5. The second-order valence-electron chi connectivity index (χ2n) is 5.13. The molecule has 1 fully saturated rings. The molecule has 4 heteroatoms. The molecular formula is C15H18N2OS. The average molecular weight is 274 g/mol. The topological polar surface area (TPSA) is 46.3 Å². The molecule has 0 unspecified atom stereocenters. The molecule has 1 saturated heterocycles. The number of amides is 1. The summed E-state index contributed by atoms with van der Waals surface area (Å²) in [7, 11) is 0. The Morgan fingerprint density at radius 3 is 2.95 bits per heavy atom. The van der Waals surface area contributed by atoms with E-state index in [0.717, 1.165) is 42.6 Å². The zero-order valence-corrected chi connectivity index (χ0v) is 11.7. The van der Waals surface area contributed by atoms with Gasteiger partial charge in [0.2, 0.25) is 0 Å². The minimum Gasteiger partial charge on any atom is -0.338 e. The Morgan fingerprint density at radius 2 is 2.11 bits per heavy atom. The lowest BCUT2D eigenvalue weighted by Crippen LogP contribution is -2.32. The lowest BCUT2D eigenvalue weighted by atomic mass is 10.1. The van der Waals surface area contributed by atoms with Crippen molar-refractivity contribution in [2.24, 2.45) is 5.73 Å². The van der Waals surface area contributed by atoms with E-state index in [1.165, 1.54) is 4.70 Å². The summed E-state index contributed by atoms with van der Waals surface area (Å²) in [5.74, 6) is 0.162. The number of rotatable bonds is 1. The van der Waals surface area contributed by atoms with E-state index in [-0.39, 0.29) is 11.9 Å². The number of hydrogen-bond donors (Lipinski definition) is 1. The number of benzene rings is 1. The van der Waals surface area contributed by atoms with Crippen molar-refractivity contribution in [1.29, 1.82) is 0 Å². The molecule has 1 aliphatic rings. The van der Waals surface area contributed by atoms with Crippen LogP contribution >= 0.6 is 11.3 Å². The molecule has 1 aliphatic heterocycles. The summed E-state index contributed by atoms with van der Waals surface area (Å²) in [4.78, 5) is 15.3. The minimum absolute atomic E-state index is 0.162. The fourth-order valence-corrected chi connectivity index (χ4v) is 3.60. The highest BCUT2D eigenvalue weighted by Crippen LogP contribution is 2.26. The van der Waals surface area contributed by atoms with Gasteiger partial charge in [-0.3, -0.25) is 4.79 Å². The monoisotopic (exact) mass is 274 g/mol. The van der Waals surface area contributed by atoms with Gasteiger partial charge in [0.25, 0.3) is 5.91 Å². The van der Waals surface area contributed by atoms with Crippen LogP contribution in [0.5, 0.6) is 0 Å². The Labute approximate surface area is 117 Å². The number of thiophene rings is 1. The Morgan fingerprint density at radius 1 is 1.26 bits per heavy atom. The lowest BCUT2D eigenvalue weighted by Gasteiger charge is -2.19. The van der Waals surface area contributed by atoms with Crippen LogP contribution in [0.3, 0.4) is 0 Å². The normalized spacial score (nSPS) is 20.5. The molecule has 100 valence electrons. The maximum Gasteiger partial charge on any atom is 0.263 e. The van der Waals surface area contributed by atoms with Crippen molar-refractivity contribution in [3.05, 3.63) is 35.2 Å². The highest BCUT2D eigenvalue weighted by molar-refractivity contribution is 7.20. The van der Waals surface area contributed by atoms with Gasteiger partial charge in [0, 0.05) is 23.8 Å². The van der Waals surface area contributed by atoms with Gasteiger partial charge in [-0.1, -0.05) is 18.2 Å². The van der Waals surface area contributed by atoms with E-state index < -0.39 is 0 Å². The summed E-state index contributed by atoms with van der Waals surface area (Å²) < 4.78 is 1.18. The smallest absolute Gasteiger partial charge is 0.263 e. The molecule has 2 heterocycles. The Kier molecular flexibility index (Phi) is 3.53. The van der Waals surface area contributed by atoms with Crippen molar-refractivity contribution in [2.45, 2.75) is 25.3 Å². The molecule has 1 atom stereocenters. The predicted molar refractivity (Wildman–Crippen MR) is 79.6 cm³/mol. The first kappa shape index (κ1) is 12.6. The third-order valence-electron chi connectivity index (χ3n) is 3.70. The molecule has 2 N–H and O–H groups in total. The number of nitrogens with zero attached hydrogens (tertiary/aromatic N) is 1. The van der Waals surface area contributed by atoms with Gasteiger partial charge in [0.05, 0.1) is 4.88 Å². The summed E-state index contributed by atoms with van der Waals surface area (Å²) in [5, 5.41) is 1.15. The van der Waals surface area contributed by atoms with Crippen molar-refractivity contribution in [3.8, 4) is 0 Å². The standard InChI is InChI=1S/C15H18N2OS/c16-12-5-3-8-17(9-7-12)15(18)14-10-11-4-1-2-6-13(11)19-14/h1-2,4,6,10,12H,3,5,7-9,16H2/t12-/m1/s1. The first-order chi connectivity index (χ1) is 9.24. The zero-order chi connectivity index (χ0) is 13.2. The van der Waals surface area contributed by atoms with Crippen LogP contribution in [0.25, 0.3) is 10.1 Å². The van der Waals surface area contributed by atoms with Crippen molar-refractivity contribution >= 4 is 27.3 Å². The largest absolute Gasteiger partial charge is 0.338 e. The van der Waals surface area contributed by atoms with Gasteiger partial charge in [0.15, 0.2) is 0 Å². The second-order valence-corrected chi connectivity index (χ2v) is 6.22. The van der Waals surface area contributed by atoms with Crippen LogP contribution in [0.15, 0.2) is 30.3 Å². The predicted octanol–water partition coefficient (Wildman–Crippen LogP) is 2.85. The Balaban J connectivity index is 1.82. The third-order valence-corrected chi connectivity index (χ3v) is 4.80. The highest BCUT2D eigenvalue weighted by atomic mass is 32.1. The number of carbonyl (C=O) groups is 1. The molecule has 1 amide bonds. The third kappa shape index (κ3) is 2.65. The highest BCUT2D eigenvalue weighted by Gasteiger charge is 2.21. The molecule has 0 radical (unpaired) electrons. The second kappa shape index (κ2) is 5.31. The van der Waals surface area contributed by atoms with Crippen LogP contribution in [0.1, 0.15) is 28.9 Å². The van der Waals surface area contributed by atoms with Crippen molar-refractivity contribution in [1.82, 2.24) is 4.90 Å². The lowest BCUT2D eigenvalue weighted by molar-refractivity contribution is 0.0766. The zero-order valence-electron chi connectivity index (χ0n) is 10.8. The van der Waals surface area contributed by atoms with E-state index in [0.29, 0.717) is 0 Å². The summed E-state index contributed by atoms with van der Waals surface area (Å²) in [6.45, 7) is 1.62. The fourth-order valence-electron chi connectivity index (χ4n) is 2.57. The number of hydrogen-bond acceptors (Lipinski definition) is 3. The Bertz CT molecular complexity index is 560. The first-order valence-electron chi connectivity index (χ1n) is 6.77. The van der Waals surface area contributed by atoms with Crippen LogP contribution in [0, 0.1) is 0 Å². The molecule has 3 nitrogen and oxygen atoms in total. The molecule has 1 aromatic heterocycles. The summed E-state index contributed by atoms with van der Waals surface area (Å²) >= 11 is 1.58. The van der Waals surface area contributed by atoms with E-state index in [1.807, 2.05) is 23.1 Å². The number of nitrogens with two attached hydrogens (primary N) is 1. The number of carbonyl (C=O) groups excluding carboxylic acids is 1. The van der Waals surface area contributed by atoms with E-state index in [1.54, 1.807) is 11.3 Å². The van der Waals surface area contributed by atoms with Gasteiger partial charge >= 0.3 is 0 Å². The average Bonchev–Trinajstić information content (AvgIpc) is 2.74. The molecular weight excluding hydrogens is 256 g/mol. The van der Waals surface area contributed by atoms with Crippen molar-refractivity contribution in [2.75, 3.05) is 13.1 Å². The molecule has 0 saturated carbocycles. The van der Waals surface area contributed by atoms with Crippen LogP contribution in [-0.2, 0) is 0 Å². The maximum atomic E-state index is 12.5. The minimum atomic E-state index is 0.162. The van der Waals surface area contributed by atoms with Crippen molar-refractivity contribution < 1.29 is 4.79 Å². The molecule has 3 rings (SSSR count). The van der Waals surface area contributed by atoms with E-state index in [2.05, 4.69) is 12.1 Å². The van der Waals surface area contributed by atoms with Crippen LogP contribution in [0.4, 0.5) is 0 Å². The van der Waals surface area contributed by atoms with Gasteiger partial charge in [-0.05, 0) is 36.8 Å². The molecule has 19 heavy (non-hydrogen) atoms. The SMILES string of the molecule is N[C@@H]1CCCN(C(=O)c2cc3ccccc3s2)CC1. The van der Waals surface area contributed by atoms with Gasteiger partial charge in [-0.2, -0.15) is 0 Å². The van der Waals surface area contributed by atoms with Crippen LogP contribution in [-0.4, -0.2) is 29.9 Å². The molecule has 0 spiro atoms. The van der Waals surface area contributed by atoms with E-state index in [4.69, 9.17) is 5.73 Å². The summed E-state index contributed by atoms with van der Waals surface area (Å²) in [6.07, 6.45) is 2.95. The summed E-state index contributed by atoms with van der Waals surface area (Å²) in [5.41, 5.74) is 5.96. The molecule has 0 bridgehead atoms. The first-order valence-corrected chi connectivity index (χ1v) is 7.59. The van der Waals surface area contributed by atoms with Gasteiger partial charge in [-0.25, -0.2) is 0 Å². The number of fused-ring (bicyclic) bond motifs is 1. The van der Waals surface area contributed by atoms with Gasteiger partial charge < -0.3 is 10.6 Å². The Hall–Kier alpha value is -1.39. The van der Waals surface area contributed by atoms with E-state index in [9.17, 15) is 4.79 Å². The molecule has 0 aliphatic carbocycles. The van der Waals surface area contributed by atoms with Crippen molar-refractivity contribution in [3.63, 3.8) is 0 Å². The van der Waals surface area contributed by atoms with E-state index >= 15 is 0 Å². The molecule has 1 aromatic carbocycles. The summed E-state index contributed by atoms with van der Waals surface area (Å²) in [6, 6.07) is 10.4. The fraction of sp³-hybridized carbons (Fsp3) is 0.400. The van der Waals surface area contributed by atoms with Gasteiger partial charge in [0.1, 0.15) is 0 Å².